The lowest BCUT2D eigenvalue weighted by Gasteiger charge is -2.31. The predicted molar refractivity (Wildman–Crippen MR) is 124 cm³/mol. The minimum absolute atomic E-state index is 0.107. The zero-order valence-corrected chi connectivity index (χ0v) is 19.6. The predicted octanol–water partition coefficient (Wildman–Crippen LogP) is 5.42. The Morgan fingerprint density at radius 2 is 1.83 bits per heavy atom. The van der Waals surface area contributed by atoms with Gasteiger partial charge in [0, 0.05) is 23.1 Å². The summed E-state index contributed by atoms with van der Waals surface area (Å²) in [6, 6.07) is 12.5. The number of carbonyl (C=O) groups is 2. The topological polar surface area (TPSA) is 49.4 Å². The molecule has 0 saturated heterocycles. The van der Waals surface area contributed by atoms with Crippen LogP contribution in [0, 0.1) is 12.8 Å². The minimum Gasteiger partial charge on any atom is -0.354 e. The van der Waals surface area contributed by atoms with Crippen LogP contribution in [0.1, 0.15) is 43.9 Å². The van der Waals surface area contributed by atoms with E-state index in [0.717, 1.165) is 11.1 Å². The number of nitrogens with one attached hydrogen (secondary N) is 1. The molecule has 30 heavy (non-hydrogen) atoms. The quantitative estimate of drug-likeness (QED) is 0.556. The van der Waals surface area contributed by atoms with Gasteiger partial charge < -0.3 is 10.2 Å². The van der Waals surface area contributed by atoms with Gasteiger partial charge in [-0.1, -0.05) is 79.9 Å². The van der Waals surface area contributed by atoms with E-state index < -0.39 is 6.04 Å². The zero-order valence-electron chi connectivity index (χ0n) is 18.0. The maximum Gasteiger partial charge on any atom is 0.242 e. The summed E-state index contributed by atoms with van der Waals surface area (Å²) in [6.45, 7) is 8.95. The van der Waals surface area contributed by atoms with E-state index in [-0.39, 0.29) is 18.2 Å². The second-order valence-electron chi connectivity index (χ2n) is 7.99. The Morgan fingerprint density at radius 3 is 2.43 bits per heavy atom. The summed E-state index contributed by atoms with van der Waals surface area (Å²) in [5, 5.41) is 3.94. The molecule has 162 valence electrons. The van der Waals surface area contributed by atoms with Crippen molar-refractivity contribution in [2.24, 2.45) is 5.92 Å². The lowest BCUT2D eigenvalue weighted by Crippen LogP contribution is -2.50. The van der Waals surface area contributed by atoms with Crippen LogP contribution < -0.4 is 5.32 Å². The summed E-state index contributed by atoms with van der Waals surface area (Å²) in [5.41, 5.74) is 2.79. The van der Waals surface area contributed by atoms with Gasteiger partial charge in [0.05, 0.1) is 6.42 Å². The largest absolute Gasteiger partial charge is 0.354 e. The second kappa shape index (κ2) is 11.4. The van der Waals surface area contributed by atoms with Crippen molar-refractivity contribution in [3.05, 3.63) is 69.2 Å². The Hall–Kier alpha value is -2.04. The normalized spacial score (nSPS) is 12.0. The Labute approximate surface area is 189 Å². The Kier molecular flexibility index (Phi) is 9.19. The molecule has 0 spiro atoms. The summed E-state index contributed by atoms with van der Waals surface area (Å²) in [6.07, 6.45) is 0.631. The molecule has 6 heteroatoms. The van der Waals surface area contributed by atoms with Crippen LogP contribution >= 0.6 is 23.2 Å². The number of hydrogen-bond acceptors (Lipinski definition) is 2. The first kappa shape index (κ1) is 24.2. The molecule has 0 heterocycles. The molecule has 4 nitrogen and oxygen atoms in total. The fourth-order valence-electron chi connectivity index (χ4n) is 3.28. The van der Waals surface area contributed by atoms with E-state index in [0.29, 0.717) is 41.0 Å². The third-order valence-corrected chi connectivity index (χ3v) is 5.45. The highest BCUT2D eigenvalue weighted by Gasteiger charge is 2.29. The van der Waals surface area contributed by atoms with Crippen LogP contribution in [0.5, 0.6) is 0 Å². The van der Waals surface area contributed by atoms with Crippen LogP contribution in [-0.2, 0) is 22.6 Å². The average molecular weight is 449 g/mol. The number of nitrogens with zero attached hydrogens (tertiary/aromatic N) is 1. The fourth-order valence-corrected chi connectivity index (χ4v) is 3.75. The van der Waals surface area contributed by atoms with Crippen molar-refractivity contribution >= 4 is 35.0 Å². The minimum atomic E-state index is -0.553. The molecule has 0 aliphatic carbocycles. The number of rotatable bonds is 9. The van der Waals surface area contributed by atoms with Crippen molar-refractivity contribution in [2.75, 3.05) is 6.54 Å². The molecule has 0 unspecified atom stereocenters. The maximum absolute atomic E-state index is 13.3. The summed E-state index contributed by atoms with van der Waals surface area (Å²) in [4.78, 5) is 27.9. The maximum atomic E-state index is 13.3. The first-order valence-electron chi connectivity index (χ1n) is 10.3. The third kappa shape index (κ3) is 7.03. The summed E-state index contributed by atoms with van der Waals surface area (Å²) < 4.78 is 0. The van der Waals surface area contributed by atoms with Crippen molar-refractivity contribution in [3.8, 4) is 0 Å². The summed E-state index contributed by atoms with van der Waals surface area (Å²) in [5.74, 6) is 0.0573. The molecular formula is C24H30Cl2N2O2. The third-order valence-electron chi connectivity index (χ3n) is 4.86. The molecule has 0 fully saturated rings. The van der Waals surface area contributed by atoms with Gasteiger partial charge in [-0.15, -0.1) is 0 Å². The van der Waals surface area contributed by atoms with Gasteiger partial charge >= 0.3 is 0 Å². The molecule has 1 N–H and O–H groups in total. The molecule has 2 aromatic rings. The summed E-state index contributed by atoms with van der Waals surface area (Å²) in [7, 11) is 0. The van der Waals surface area contributed by atoms with Crippen molar-refractivity contribution < 1.29 is 9.59 Å². The van der Waals surface area contributed by atoms with Crippen molar-refractivity contribution in [1.82, 2.24) is 10.2 Å². The highest BCUT2D eigenvalue weighted by atomic mass is 35.5. The number of hydrogen-bond donors (Lipinski definition) is 1. The van der Waals surface area contributed by atoms with Gasteiger partial charge in [-0.3, -0.25) is 9.59 Å². The second-order valence-corrected chi connectivity index (χ2v) is 8.83. The molecular weight excluding hydrogens is 419 g/mol. The number of benzene rings is 2. The first-order valence-corrected chi connectivity index (χ1v) is 11.0. The molecule has 0 aromatic heterocycles. The molecule has 1 atom stereocenters. The Bertz CT molecular complexity index is 883. The molecule has 2 rings (SSSR count). The SMILES string of the molecule is CC[C@H](C(=O)NCC(C)C)N(Cc1cccc(C)c1)C(=O)Cc1ccc(Cl)cc1Cl. The van der Waals surface area contributed by atoms with Crippen LogP contribution in [0.2, 0.25) is 10.0 Å². The van der Waals surface area contributed by atoms with E-state index in [1.54, 1.807) is 23.1 Å². The molecule has 2 amide bonds. The molecule has 2 aromatic carbocycles. The standard InChI is InChI=1S/C24H30Cl2N2O2/c1-5-22(24(30)27-14-16(2)3)28(15-18-8-6-7-17(4)11-18)23(29)12-19-9-10-20(25)13-21(19)26/h6-11,13,16,22H,5,12,14-15H2,1-4H3,(H,27,30)/t22-/m1/s1. The monoisotopic (exact) mass is 448 g/mol. The highest BCUT2D eigenvalue weighted by Crippen LogP contribution is 2.23. The van der Waals surface area contributed by atoms with Crippen LogP contribution in [-0.4, -0.2) is 29.3 Å². The van der Waals surface area contributed by atoms with Crippen LogP contribution in [0.4, 0.5) is 0 Å². The van der Waals surface area contributed by atoms with E-state index in [9.17, 15) is 9.59 Å². The molecule has 0 aliphatic rings. The van der Waals surface area contributed by atoms with Gasteiger partial charge in [0.1, 0.15) is 6.04 Å². The smallest absolute Gasteiger partial charge is 0.242 e. The van der Waals surface area contributed by atoms with Gasteiger partial charge in [0.15, 0.2) is 0 Å². The number of amides is 2. The van der Waals surface area contributed by atoms with Gasteiger partial charge in [0.25, 0.3) is 0 Å². The summed E-state index contributed by atoms with van der Waals surface area (Å²) >= 11 is 12.3. The van der Waals surface area contributed by atoms with Gasteiger partial charge in [-0.05, 0) is 42.5 Å². The lowest BCUT2D eigenvalue weighted by molar-refractivity contribution is -0.141. The first-order chi connectivity index (χ1) is 14.2. The van der Waals surface area contributed by atoms with Crippen molar-refractivity contribution in [2.45, 2.75) is 53.1 Å². The molecule has 0 bridgehead atoms. The van der Waals surface area contributed by atoms with E-state index in [1.165, 1.54) is 0 Å². The van der Waals surface area contributed by atoms with E-state index in [1.807, 2.05) is 52.0 Å². The van der Waals surface area contributed by atoms with Gasteiger partial charge in [0.2, 0.25) is 11.8 Å². The Balaban J connectivity index is 2.30. The Morgan fingerprint density at radius 1 is 1.10 bits per heavy atom. The highest BCUT2D eigenvalue weighted by molar-refractivity contribution is 6.35. The molecule has 0 radical (unpaired) electrons. The van der Waals surface area contributed by atoms with Crippen LogP contribution in [0.25, 0.3) is 0 Å². The van der Waals surface area contributed by atoms with E-state index >= 15 is 0 Å². The van der Waals surface area contributed by atoms with E-state index in [4.69, 9.17) is 23.2 Å². The van der Waals surface area contributed by atoms with Crippen molar-refractivity contribution in [1.29, 1.82) is 0 Å². The lowest BCUT2D eigenvalue weighted by atomic mass is 10.1. The van der Waals surface area contributed by atoms with E-state index in [2.05, 4.69) is 5.32 Å². The van der Waals surface area contributed by atoms with Crippen LogP contribution in [0.15, 0.2) is 42.5 Å². The van der Waals surface area contributed by atoms with Crippen LogP contribution in [0.3, 0.4) is 0 Å². The van der Waals surface area contributed by atoms with Crippen molar-refractivity contribution in [3.63, 3.8) is 0 Å². The molecule has 0 aliphatic heterocycles. The average Bonchev–Trinajstić information content (AvgIpc) is 2.68. The van der Waals surface area contributed by atoms with Gasteiger partial charge in [-0.25, -0.2) is 0 Å². The number of aryl methyl sites for hydroxylation is 1. The van der Waals surface area contributed by atoms with Gasteiger partial charge in [-0.2, -0.15) is 0 Å². The zero-order chi connectivity index (χ0) is 22.3. The molecule has 0 saturated carbocycles. The fraction of sp³-hybridized carbons (Fsp3) is 0.417. The number of halogens is 2. The number of carbonyl (C=O) groups excluding carboxylic acids is 2.